The molecule has 0 fully saturated rings. The lowest BCUT2D eigenvalue weighted by atomic mass is 10.1. The van der Waals surface area contributed by atoms with E-state index in [9.17, 15) is 0 Å². The molecule has 1 atom stereocenters. The van der Waals surface area contributed by atoms with Crippen LogP contribution in [0.3, 0.4) is 0 Å². The lowest BCUT2D eigenvalue weighted by Gasteiger charge is -2.19. The Kier molecular flexibility index (Phi) is 5.02. The lowest BCUT2D eigenvalue weighted by Crippen LogP contribution is -2.16. The number of hydrogen-bond donors (Lipinski definition) is 1. The summed E-state index contributed by atoms with van der Waals surface area (Å²) in [6.45, 7) is 3.04. The fourth-order valence-corrected chi connectivity index (χ4v) is 3.48. The number of benzene rings is 1. The van der Waals surface area contributed by atoms with Crippen LogP contribution in [0.25, 0.3) is 0 Å². The number of nitrogens with two attached hydrogens (primary N) is 1. The van der Waals surface area contributed by atoms with Crippen LogP contribution in [-0.4, -0.2) is 7.05 Å². The predicted molar refractivity (Wildman–Crippen MR) is 87.8 cm³/mol. The van der Waals surface area contributed by atoms with Crippen molar-refractivity contribution in [3.63, 3.8) is 0 Å². The molecule has 1 heterocycles. The first kappa shape index (κ1) is 14.6. The van der Waals surface area contributed by atoms with E-state index in [1.54, 1.807) is 11.3 Å². The van der Waals surface area contributed by atoms with Gasteiger partial charge in [0.15, 0.2) is 0 Å². The maximum Gasteiger partial charge on any atom is 0.0519 e. The molecule has 2 aromatic rings. The van der Waals surface area contributed by atoms with Crippen molar-refractivity contribution < 1.29 is 0 Å². The molecule has 19 heavy (non-hydrogen) atoms. The average Bonchev–Trinajstić information content (AvgIpc) is 2.83. The van der Waals surface area contributed by atoms with Crippen LogP contribution in [0.5, 0.6) is 0 Å². The van der Waals surface area contributed by atoms with E-state index >= 15 is 0 Å². The summed E-state index contributed by atoms with van der Waals surface area (Å²) in [5, 5.41) is 2.12. The zero-order valence-corrected chi connectivity index (χ0v) is 13.7. The average molecular weight is 339 g/mol. The molecule has 0 bridgehead atoms. The summed E-state index contributed by atoms with van der Waals surface area (Å²) in [6.07, 6.45) is 0.971. The summed E-state index contributed by atoms with van der Waals surface area (Å²) in [5.74, 6) is 0. The van der Waals surface area contributed by atoms with Gasteiger partial charge in [0.25, 0.3) is 0 Å². The van der Waals surface area contributed by atoms with Gasteiger partial charge in [0.05, 0.1) is 6.54 Å². The highest BCUT2D eigenvalue weighted by Gasteiger charge is 2.06. The van der Waals surface area contributed by atoms with E-state index in [1.807, 2.05) is 0 Å². The van der Waals surface area contributed by atoms with Crippen molar-refractivity contribution in [2.45, 2.75) is 25.9 Å². The first-order chi connectivity index (χ1) is 9.10. The fraction of sp³-hybridized carbons (Fsp3) is 0.333. The molecular weight excluding hydrogens is 320 g/mol. The summed E-state index contributed by atoms with van der Waals surface area (Å²) < 4.78 is 1.16. The zero-order chi connectivity index (χ0) is 13.8. The van der Waals surface area contributed by atoms with Gasteiger partial charge in [-0.25, -0.2) is 0 Å². The molecule has 0 saturated heterocycles. The third kappa shape index (κ3) is 3.81. The fourth-order valence-electron chi connectivity index (χ4n) is 1.97. The minimum absolute atomic E-state index is 0.146. The number of hydrogen-bond acceptors (Lipinski definition) is 3. The van der Waals surface area contributed by atoms with Crippen molar-refractivity contribution in [2.24, 2.45) is 5.73 Å². The summed E-state index contributed by atoms with van der Waals surface area (Å²) in [7, 11) is 2.11. The van der Waals surface area contributed by atoms with Gasteiger partial charge in [-0.15, -0.1) is 11.3 Å². The normalized spacial score (nSPS) is 12.4. The van der Waals surface area contributed by atoms with E-state index in [1.165, 1.54) is 16.1 Å². The number of nitrogens with zero attached hydrogens (tertiary/aromatic N) is 1. The van der Waals surface area contributed by atoms with Gasteiger partial charge in [-0.1, -0.05) is 19.1 Å². The maximum atomic E-state index is 6.03. The first-order valence-corrected chi connectivity index (χ1v) is 8.07. The Balaban J connectivity index is 2.05. The Labute approximate surface area is 127 Å². The highest BCUT2D eigenvalue weighted by Crippen LogP contribution is 2.24. The van der Waals surface area contributed by atoms with Gasteiger partial charge in [0, 0.05) is 33.5 Å². The largest absolute Gasteiger partial charge is 0.369 e. The van der Waals surface area contributed by atoms with Gasteiger partial charge in [0.2, 0.25) is 0 Å². The molecular formula is C15H19BrN2S. The molecule has 1 aromatic heterocycles. The second-order valence-corrected chi connectivity index (χ2v) is 6.61. The van der Waals surface area contributed by atoms with E-state index in [-0.39, 0.29) is 6.04 Å². The van der Waals surface area contributed by atoms with Crippen LogP contribution >= 0.6 is 27.3 Å². The summed E-state index contributed by atoms with van der Waals surface area (Å²) >= 11 is 5.27. The summed E-state index contributed by atoms with van der Waals surface area (Å²) in [5.41, 5.74) is 8.46. The molecule has 4 heteroatoms. The minimum atomic E-state index is 0.146. The number of anilines is 1. The van der Waals surface area contributed by atoms with Gasteiger partial charge in [-0.05, 0) is 46.1 Å². The molecule has 1 aromatic carbocycles. The lowest BCUT2D eigenvalue weighted by molar-refractivity contribution is 0.698. The van der Waals surface area contributed by atoms with Gasteiger partial charge in [0.1, 0.15) is 0 Å². The third-order valence-corrected chi connectivity index (χ3v) is 4.90. The smallest absolute Gasteiger partial charge is 0.0519 e. The van der Waals surface area contributed by atoms with Crippen LogP contribution in [0.2, 0.25) is 0 Å². The molecule has 2 N–H and O–H groups in total. The molecule has 0 aliphatic carbocycles. The topological polar surface area (TPSA) is 29.3 Å². The first-order valence-electron chi connectivity index (χ1n) is 6.39. The molecule has 0 aliphatic rings. The van der Waals surface area contributed by atoms with Crippen LogP contribution in [-0.2, 0) is 6.54 Å². The molecule has 0 aliphatic heterocycles. The van der Waals surface area contributed by atoms with E-state index < -0.39 is 0 Å². The van der Waals surface area contributed by atoms with Crippen molar-refractivity contribution in [1.82, 2.24) is 0 Å². The van der Waals surface area contributed by atoms with Crippen molar-refractivity contribution in [1.29, 1.82) is 0 Å². The van der Waals surface area contributed by atoms with Gasteiger partial charge in [-0.3, -0.25) is 0 Å². The molecule has 0 amide bonds. The van der Waals surface area contributed by atoms with Gasteiger partial charge >= 0.3 is 0 Å². The number of thiophene rings is 1. The minimum Gasteiger partial charge on any atom is -0.369 e. The molecule has 0 saturated carbocycles. The van der Waals surface area contributed by atoms with Crippen LogP contribution in [0.15, 0.2) is 40.2 Å². The van der Waals surface area contributed by atoms with Crippen LogP contribution in [0.1, 0.15) is 29.8 Å². The van der Waals surface area contributed by atoms with E-state index in [0.717, 1.165) is 17.4 Å². The highest BCUT2D eigenvalue weighted by atomic mass is 79.9. The standard InChI is InChI=1S/C15H19BrN2S/c1-3-15(17)11-4-6-13(7-5-11)18(2)9-14-8-12(16)10-19-14/h4-8,10,15H,3,9,17H2,1-2H3/t15-/m1/s1. The Bertz CT molecular complexity index is 521. The second-order valence-electron chi connectivity index (χ2n) is 4.69. The summed E-state index contributed by atoms with van der Waals surface area (Å²) in [4.78, 5) is 3.60. The second kappa shape index (κ2) is 6.55. The van der Waals surface area contributed by atoms with E-state index in [4.69, 9.17) is 5.73 Å². The Morgan fingerprint density at radius 3 is 2.53 bits per heavy atom. The summed E-state index contributed by atoms with van der Waals surface area (Å²) in [6, 6.07) is 10.9. The highest BCUT2D eigenvalue weighted by molar-refractivity contribution is 9.10. The Hall–Kier alpha value is -0.840. The van der Waals surface area contributed by atoms with Crippen LogP contribution in [0, 0.1) is 0 Å². The van der Waals surface area contributed by atoms with E-state index in [2.05, 4.69) is 70.5 Å². The Morgan fingerprint density at radius 1 is 1.32 bits per heavy atom. The van der Waals surface area contributed by atoms with Crippen LogP contribution in [0.4, 0.5) is 5.69 Å². The molecule has 0 spiro atoms. The monoisotopic (exact) mass is 338 g/mol. The van der Waals surface area contributed by atoms with Crippen LogP contribution < -0.4 is 10.6 Å². The molecule has 102 valence electrons. The van der Waals surface area contributed by atoms with Gasteiger partial charge in [-0.2, -0.15) is 0 Å². The number of rotatable bonds is 5. The SMILES string of the molecule is CC[C@@H](N)c1ccc(N(C)Cc2cc(Br)cs2)cc1. The molecule has 2 nitrogen and oxygen atoms in total. The third-order valence-electron chi connectivity index (χ3n) is 3.22. The molecule has 0 radical (unpaired) electrons. The maximum absolute atomic E-state index is 6.03. The van der Waals surface area contributed by atoms with Crippen molar-refractivity contribution in [3.8, 4) is 0 Å². The van der Waals surface area contributed by atoms with Crippen molar-refractivity contribution in [3.05, 3.63) is 50.6 Å². The molecule has 0 unspecified atom stereocenters. The molecule has 2 rings (SSSR count). The zero-order valence-electron chi connectivity index (χ0n) is 11.3. The Morgan fingerprint density at radius 2 is 2.00 bits per heavy atom. The quantitative estimate of drug-likeness (QED) is 0.865. The number of halogens is 1. The van der Waals surface area contributed by atoms with E-state index in [0.29, 0.717) is 0 Å². The van der Waals surface area contributed by atoms with Crippen molar-refractivity contribution in [2.75, 3.05) is 11.9 Å². The van der Waals surface area contributed by atoms with Crippen molar-refractivity contribution >= 4 is 33.0 Å². The predicted octanol–water partition coefficient (Wildman–Crippen LogP) is 4.56. The van der Waals surface area contributed by atoms with Gasteiger partial charge < -0.3 is 10.6 Å².